The third-order valence-corrected chi connectivity index (χ3v) is 5.60. The minimum atomic E-state index is -3.42. The average molecular weight is 335 g/mol. The van der Waals surface area contributed by atoms with Crippen LogP contribution in [-0.4, -0.2) is 14.2 Å². The zero-order valence-electron chi connectivity index (χ0n) is 13.3. The van der Waals surface area contributed by atoms with Gasteiger partial charge >= 0.3 is 7.60 Å². The normalized spacial score (nSPS) is 12.7. The predicted molar refractivity (Wildman–Crippen MR) is 89.6 cm³/mol. The Morgan fingerprint density at radius 1 is 1.00 bits per heavy atom. The Bertz CT molecular complexity index is 693. The summed E-state index contributed by atoms with van der Waals surface area (Å²) < 4.78 is 23.2. The van der Waals surface area contributed by atoms with Crippen molar-refractivity contribution >= 4 is 19.0 Å². The summed E-state index contributed by atoms with van der Waals surface area (Å²) in [5.74, 6) is -0.694. The van der Waals surface area contributed by atoms with E-state index in [1.54, 1.807) is 24.3 Å². The van der Waals surface area contributed by atoms with Gasteiger partial charge in [0.15, 0.2) is 5.78 Å². The van der Waals surface area contributed by atoms with Gasteiger partial charge in [-0.25, -0.2) is 0 Å². The molecule has 0 heterocycles. The molecule has 2 rings (SSSR count). The highest BCUT2D eigenvalue weighted by atomic mass is 31.2. The van der Waals surface area contributed by atoms with E-state index in [0.29, 0.717) is 11.3 Å². The van der Waals surface area contributed by atoms with E-state index in [1.165, 1.54) is 14.2 Å². The maximum Gasteiger partial charge on any atom is 0.356 e. The smallest absolute Gasteiger partial charge is 0.356 e. The number of nitrogens with one attached hydrogen (secondary N) is 2. The van der Waals surface area contributed by atoms with Crippen LogP contribution in [0.5, 0.6) is 0 Å². The van der Waals surface area contributed by atoms with Crippen LogP contribution in [0.25, 0.3) is 0 Å². The summed E-state index contributed by atoms with van der Waals surface area (Å²) in [6.07, 6.45) is 0. The van der Waals surface area contributed by atoms with E-state index in [-0.39, 0.29) is 0 Å². The Balaban J connectivity index is 2.40. The fourth-order valence-corrected chi connectivity index (χ4v) is 3.59. The molecule has 2 N–H and O–H groups in total. The number of anilines is 1. The van der Waals surface area contributed by atoms with E-state index in [0.717, 1.165) is 11.3 Å². The van der Waals surface area contributed by atoms with Crippen molar-refractivity contribution in [1.29, 1.82) is 0 Å². The summed E-state index contributed by atoms with van der Waals surface area (Å²) in [5, 5.41) is 5.00. The second kappa shape index (κ2) is 7.51. The molecule has 0 aliphatic carbocycles. The first-order valence-corrected chi connectivity index (χ1v) is 8.66. The first kappa shape index (κ1) is 17.3. The molecular weight excluding hydrogens is 315 g/mol. The van der Waals surface area contributed by atoms with Gasteiger partial charge in [-0.3, -0.25) is 4.57 Å². The maximum absolute atomic E-state index is 12.9. The monoisotopic (exact) mass is 335 g/mol. The summed E-state index contributed by atoms with van der Waals surface area (Å²) >= 11 is 0. The topological polar surface area (TPSA) is 78.6 Å². The zero-order chi connectivity index (χ0) is 16.9. The molecule has 23 heavy (non-hydrogen) atoms. The molecule has 0 radical (unpaired) electrons. The molecule has 0 spiro atoms. The van der Waals surface area contributed by atoms with Gasteiger partial charge in [-0.1, -0.05) is 17.7 Å². The summed E-state index contributed by atoms with van der Waals surface area (Å²) in [4.78, 5) is 10.7. The Morgan fingerprint density at radius 3 is 2.04 bits per heavy atom. The van der Waals surface area contributed by atoms with Crippen LogP contribution >= 0.6 is 7.60 Å². The number of nitroso groups, excluding NO2 is 1. The fraction of sp³-hybridized carbons (Fsp3) is 0.250. The van der Waals surface area contributed by atoms with Crippen LogP contribution in [0.15, 0.2) is 48.5 Å². The van der Waals surface area contributed by atoms with Crippen molar-refractivity contribution in [2.24, 2.45) is 0 Å². The summed E-state index contributed by atoms with van der Waals surface area (Å²) in [6, 6.07) is 14.3. The van der Waals surface area contributed by atoms with Crippen LogP contribution in [0.4, 0.5) is 11.4 Å². The quantitative estimate of drug-likeness (QED) is 0.760. The van der Waals surface area contributed by atoms with Crippen molar-refractivity contribution in [3.8, 4) is 0 Å². The van der Waals surface area contributed by atoms with E-state index in [4.69, 9.17) is 9.05 Å². The van der Waals surface area contributed by atoms with Crippen LogP contribution in [0.1, 0.15) is 16.9 Å². The number of hydrogen-bond donors (Lipinski definition) is 2. The lowest BCUT2D eigenvalue weighted by Crippen LogP contribution is -2.55. The summed E-state index contributed by atoms with van der Waals surface area (Å²) in [5.41, 5.74) is 3.03. The van der Waals surface area contributed by atoms with E-state index in [1.807, 2.05) is 36.4 Å². The van der Waals surface area contributed by atoms with Gasteiger partial charge in [0.1, 0.15) is 0 Å². The van der Waals surface area contributed by atoms with Crippen molar-refractivity contribution in [3.05, 3.63) is 64.6 Å². The molecule has 0 bridgehead atoms. The Kier molecular flexibility index (Phi) is 5.66. The largest absolute Gasteiger partial charge is 0.368 e. The van der Waals surface area contributed by atoms with Crippen molar-refractivity contribution < 1.29 is 18.8 Å². The number of aryl methyl sites for hydroxylation is 1. The van der Waals surface area contributed by atoms with Gasteiger partial charge in [0.25, 0.3) is 5.69 Å². The van der Waals surface area contributed by atoms with Gasteiger partial charge in [-0.15, -0.1) is 0 Å². The molecule has 6 nitrogen and oxygen atoms in total. The minimum absolute atomic E-state index is 0.424. The van der Waals surface area contributed by atoms with Gasteiger partial charge < -0.3 is 14.4 Å². The van der Waals surface area contributed by atoms with E-state index in [9.17, 15) is 9.47 Å². The molecular formula is C16H20N2O4P+. The molecule has 122 valence electrons. The third kappa shape index (κ3) is 4.05. The molecule has 2 aromatic carbocycles. The van der Waals surface area contributed by atoms with Gasteiger partial charge in [-0.2, -0.15) is 0 Å². The lowest BCUT2D eigenvalue weighted by atomic mass is 10.2. The highest BCUT2D eigenvalue weighted by Crippen LogP contribution is 2.59. The molecule has 0 fully saturated rings. The van der Waals surface area contributed by atoms with Gasteiger partial charge in [0.05, 0.1) is 0 Å². The summed E-state index contributed by atoms with van der Waals surface area (Å²) in [7, 11) is -0.726. The van der Waals surface area contributed by atoms with Gasteiger partial charge in [-0.05, 0) is 36.8 Å². The number of hydrogen-bond acceptors (Lipinski definition) is 5. The summed E-state index contributed by atoms with van der Waals surface area (Å²) in [6.45, 7) is 1.99. The molecule has 0 saturated carbocycles. The van der Waals surface area contributed by atoms with Crippen molar-refractivity contribution in [2.75, 3.05) is 19.5 Å². The zero-order valence-corrected chi connectivity index (χ0v) is 14.2. The lowest BCUT2D eigenvalue weighted by molar-refractivity contribution is -0.379. The first-order valence-electron chi connectivity index (χ1n) is 7.05. The van der Waals surface area contributed by atoms with Crippen LogP contribution in [0.3, 0.4) is 0 Å². The Morgan fingerprint density at radius 2 is 1.57 bits per heavy atom. The molecule has 0 amide bonds. The Labute approximate surface area is 135 Å². The van der Waals surface area contributed by atoms with Crippen molar-refractivity contribution in [1.82, 2.24) is 0 Å². The molecule has 0 aliphatic heterocycles. The third-order valence-electron chi connectivity index (χ3n) is 3.52. The maximum atomic E-state index is 12.9. The second-order valence-corrected chi connectivity index (χ2v) is 7.37. The standard InChI is InChI=1S/C16H19N2O4P/c1-12-4-8-14(9-5-12)17-16(23(20,21-2)22-3)13-6-10-15(18-19)11-7-13/h4-11,16-17H,1-3H3/p+1. The van der Waals surface area contributed by atoms with Gasteiger partial charge in [0, 0.05) is 42.1 Å². The molecule has 1 unspecified atom stereocenters. The molecule has 7 heteroatoms. The van der Waals surface area contributed by atoms with Crippen LogP contribution in [0, 0.1) is 11.8 Å². The molecule has 0 aromatic heterocycles. The van der Waals surface area contributed by atoms with Crippen LogP contribution in [-0.2, 0) is 13.6 Å². The minimum Gasteiger partial charge on any atom is -0.368 e. The van der Waals surface area contributed by atoms with Crippen molar-refractivity contribution in [3.63, 3.8) is 0 Å². The lowest BCUT2D eigenvalue weighted by Gasteiger charge is -2.26. The van der Waals surface area contributed by atoms with E-state index in [2.05, 4.69) is 5.32 Å². The Hall–Kier alpha value is -2.01. The molecule has 0 aliphatic rings. The van der Waals surface area contributed by atoms with Crippen LogP contribution < -0.4 is 10.5 Å². The molecule has 2 aromatic rings. The van der Waals surface area contributed by atoms with Gasteiger partial charge in [0.2, 0.25) is 0 Å². The number of benzene rings is 2. The fourth-order valence-electron chi connectivity index (χ4n) is 2.17. The SMILES string of the molecule is COP(=O)(OC)C(Nc1ccc(C)cc1)c1ccc([NH+]=O)cc1. The highest BCUT2D eigenvalue weighted by molar-refractivity contribution is 7.54. The average Bonchev–Trinajstić information content (AvgIpc) is 2.60. The molecule has 0 saturated heterocycles. The highest BCUT2D eigenvalue weighted by Gasteiger charge is 2.35. The van der Waals surface area contributed by atoms with Crippen molar-refractivity contribution in [2.45, 2.75) is 12.7 Å². The predicted octanol–water partition coefficient (Wildman–Crippen LogP) is 3.07. The number of rotatable bonds is 7. The molecule has 1 atom stereocenters. The first-order chi connectivity index (χ1) is 11.0. The van der Waals surface area contributed by atoms with E-state index < -0.39 is 13.4 Å². The van der Waals surface area contributed by atoms with Crippen LogP contribution in [0.2, 0.25) is 0 Å². The van der Waals surface area contributed by atoms with E-state index >= 15 is 0 Å². The second-order valence-electron chi connectivity index (χ2n) is 5.04.